The zero-order chi connectivity index (χ0) is 24.1. The Bertz CT molecular complexity index is 1300. The van der Waals surface area contributed by atoms with E-state index in [0.717, 1.165) is 5.56 Å². The largest absolute Gasteiger partial charge is 0.490 e. The minimum atomic E-state index is -0.620. The summed E-state index contributed by atoms with van der Waals surface area (Å²) in [5.74, 6) is 0.504. The Hall–Kier alpha value is -4.17. The molecule has 34 heavy (non-hydrogen) atoms. The van der Waals surface area contributed by atoms with Crippen LogP contribution in [0.4, 0.5) is 5.69 Å². The number of benzene rings is 3. The van der Waals surface area contributed by atoms with Crippen molar-refractivity contribution in [1.82, 2.24) is 0 Å². The first-order chi connectivity index (χ1) is 16.4. The van der Waals surface area contributed by atoms with Gasteiger partial charge in [0.1, 0.15) is 6.61 Å². The predicted molar refractivity (Wildman–Crippen MR) is 127 cm³/mol. The van der Waals surface area contributed by atoms with Gasteiger partial charge in [-0.1, -0.05) is 35.9 Å². The average molecular weight is 479 g/mol. The van der Waals surface area contributed by atoms with Gasteiger partial charge in [0, 0.05) is 28.3 Å². The van der Waals surface area contributed by atoms with Crippen molar-refractivity contribution in [3.8, 4) is 11.5 Å². The van der Waals surface area contributed by atoms with Crippen molar-refractivity contribution in [2.24, 2.45) is 4.99 Å². The maximum absolute atomic E-state index is 12.3. The number of cyclic esters (lactones) is 1. The van der Waals surface area contributed by atoms with Gasteiger partial charge < -0.3 is 14.2 Å². The molecule has 0 atom stereocenters. The van der Waals surface area contributed by atoms with E-state index >= 15 is 0 Å². The van der Waals surface area contributed by atoms with Gasteiger partial charge in [-0.3, -0.25) is 10.1 Å². The summed E-state index contributed by atoms with van der Waals surface area (Å²) < 4.78 is 16.9. The summed E-state index contributed by atoms with van der Waals surface area (Å²) in [7, 11) is 0. The molecule has 0 N–H and O–H groups in total. The first-order valence-corrected chi connectivity index (χ1v) is 10.7. The second-order valence-electron chi connectivity index (χ2n) is 7.16. The van der Waals surface area contributed by atoms with Gasteiger partial charge in [-0.15, -0.1) is 0 Å². The minimum absolute atomic E-state index is 0.0651. The van der Waals surface area contributed by atoms with Crippen LogP contribution in [-0.2, 0) is 16.1 Å². The number of carbonyl (C=O) groups is 1. The van der Waals surface area contributed by atoms with E-state index in [1.807, 2.05) is 25.1 Å². The fourth-order valence-electron chi connectivity index (χ4n) is 3.19. The lowest BCUT2D eigenvalue weighted by Crippen LogP contribution is -2.05. The molecule has 4 rings (SSSR count). The number of nitrogens with zero attached hydrogens (tertiary/aromatic N) is 2. The molecule has 0 saturated carbocycles. The van der Waals surface area contributed by atoms with Crippen molar-refractivity contribution in [3.63, 3.8) is 0 Å². The number of hydrogen-bond acceptors (Lipinski definition) is 7. The van der Waals surface area contributed by atoms with E-state index in [0.29, 0.717) is 34.3 Å². The molecule has 3 aromatic carbocycles. The molecule has 0 amide bonds. The van der Waals surface area contributed by atoms with E-state index in [1.54, 1.807) is 30.3 Å². The van der Waals surface area contributed by atoms with Crippen molar-refractivity contribution in [1.29, 1.82) is 0 Å². The topological polar surface area (TPSA) is 100 Å². The second kappa shape index (κ2) is 10.2. The number of esters is 1. The molecular formula is C25H19ClN2O6. The molecule has 3 aromatic rings. The summed E-state index contributed by atoms with van der Waals surface area (Å²) in [5, 5.41) is 11.4. The summed E-state index contributed by atoms with van der Waals surface area (Å²) in [6.45, 7) is 2.56. The number of carbonyl (C=O) groups excluding carboxylic acids is 1. The standard InChI is InChI=1S/C25H19ClN2O6/c1-2-32-23-14-16(7-12-22(23)33-15-18-5-3-4-6-20(18)26)13-21-25(29)34-24(27-21)17-8-10-19(11-9-17)28(30)31/h3-14H,2,15H2,1H3/b21-13-. The monoisotopic (exact) mass is 478 g/mol. The lowest BCUT2D eigenvalue weighted by atomic mass is 10.1. The van der Waals surface area contributed by atoms with Gasteiger partial charge in [-0.2, -0.15) is 0 Å². The van der Waals surface area contributed by atoms with Crippen LogP contribution in [0.15, 0.2) is 77.4 Å². The van der Waals surface area contributed by atoms with Crippen LogP contribution in [0.2, 0.25) is 5.02 Å². The summed E-state index contributed by atoms with van der Waals surface area (Å²) in [6.07, 6.45) is 1.57. The number of nitro benzene ring substituents is 1. The number of non-ortho nitro benzene ring substituents is 1. The first kappa shape index (κ1) is 23.0. The highest BCUT2D eigenvalue weighted by molar-refractivity contribution is 6.31. The molecule has 172 valence electrons. The Morgan fingerprint density at radius 3 is 2.53 bits per heavy atom. The van der Waals surface area contributed by atoms with Crippen LogP contribution in [0.1, 0.15) is 23.6 Å². The zero-order valence-electron chi connectivity index (χ0n) is 18.1. The maximum atomic E-state index is 12.3. The third-order valence-electron chi connectivity index (χ3n) is 4.86. The molecule has 0 radical (unpaired) electrons. The molecule has 9 heteroatoms. The van der Waals surface area contributed by atoms with Crippen LogP contribution in [0.3, 0.4) is 0 Å². The molecule has 8 nitrogen and oxygen atoms in total. The highest BCUT2D eigenvalue weighted by Crippen LogP contribution is 2.31. The molecule has 0 saturated heterocycles. The smallest absolute Gasteiger partial charge is 0.363 e. The number of nitro groups is 1. The molecular weight excluding hydrogens is 460 g/mol. The summed E-state index contributed by atoms with van der Waals surface area (Å²) in [4.78, 5) is 26.9. The number of halogens is 1. The SMILES string of the molecule is CCOc1cc(/C=C2\N=C(c3ccc([N+](=O)[O-])cc3)OC2=O)ccc1OCc1ccccc1Cl. The average Bonchev–Trinajstić information content (AvgIpc) is 3.20. The van der Waals surface area contributed by atoms with Crippen molar-refractivity contribution < 1.29 is 23.9 Å². The summed E-state index contributed by atoms with van der Waals surface area (Å²) in [5.41, 5.74) is 2.00. The van der Waals surface area contributed by atoms with E-state index < -0.39 is 10.9 Å². The first-order valence-electron chi connectivity index (χ1n) is 10.3. The quantitative estimate of drug-likeness (QED) is 0.181. The third-order valence-corrected chi connectivity index (χ3v) is 5.23. The van der Waals surface area contributed by atoms with Crippen LogP contribution >= 0.6 is 11.6 Å². The van der Waals surface area contributed by atoms with Crippen LogP contribution in [0.5, 0.6) is 11.5 Å². The van der Waals surface area contributed by atoms with Crippen LogP contribution in [-0.4, -0.2) is 23.4 Å². The van der Waals surface area contributed by atoms with Crippen molar-refractivity contribution >= 4 is 35.2 Å². The second-order valence-corrected chi connectivity index (χ2v) is 7.57. The van der Waals surface area contributed by atoms with Gasteiger partial charge in [0.15, 0.2) is 17.2 Å². The highest BCUT2D eigenvalue weighted by atomic mass is 35.5. The minimum Gasteiger partial charge on any atom is -0.490 e. The van der Waals surface area contributed by atoms with Gasteiger partial charge in [-0.05, 0) is 48.9 Å². The van der Waals surface area contributed by atoms with Gasteiger partial charge in [0.05, 0.1) is 11.5 Å². The molecule has 1 aliphatic heterocycles. The van der Waals surface area contributed by atoms with Crippen molar-refractivity contribution in [2.45, 2.75) is 13.5 Å². The zero-order valence-corrected chi connectivity index (χ0v) is 18.8. The lowest BCUT2D eigenvalue weighted by Gasteiger charge is -2.13. The predicted octanol–water partition coefficient (Wildman–Crippen LogP) is 5.57. The van der Waals surface area contributed by atoms with E-state index in [1.165, 1.54) is 24.3 Å². The molecule has 0 bridgehead atoms. The number of rotatable bonds is 8. The number of ether oxygens (including phenoxy) is 3. The molecule has 0 unspecified atom stereocenters. The summed E-state index contributed by atoms with van der Waals surface area (Å²) in [6, 6.07) is 18.3. The van der Waals surface area contributed by atoms with E-state index in [2.05, 4.69) is 4.99 Å². The molecule has 0 aliphatic carbocycles. The van der Waals surface area contributed by atoms with Crippen molar-refractivity contribution in [2.75, 3.05) is 6.61 Å². The Morgan fingerprint density at radius 1 is 1.06 bits per heavy atom. The third kappa shape index (κ3) is 5.24. The highest BCUT2D eigenvalue weighted by Gasteiger charge is 2.24. The van der Waals surface area contributed by atoms with E-state index in [9.17, 15) is 14.9 Å². The number of hydrogen-bond donors (Lipinski definition) is 0. The summed E-state index contributed by atoms with van der Waals surface area (Å²) >= 11 is 6.20. The Labute approximate surface area is 200 Å². The van der Waals surface area contributed by atoms with Crippen LogP contribution in [0, 0.1) is 10.1 Å². The molecule has 0 fully saturated rings. The molecule has 0 aromatic heterocycles. The molecule has 0 spiro atoms. The van der Waals surface area contributed by atoms with Gasteiger partial charge >= 0.3 is 5.97 Å². The van der Waals surface area contributed by atoms with Gasteiger partial charge in [0.2, 0.25) is 5.90 Å². The lowest BCUT2D eigenvalue weighted by molar-refractivity contribution is -0.384. The van der Waals surface area contributed by atoms with Crippen LogP contribution in [0.25, 0.3) is 6.08 Å². The fourth-order valence-corrected chi connectivity index (χ4v) is 3.38. The Morgan fingerprint density at radius 2 is 1.82 bits per heavy atom. The molecule has 1 aliphatic rings. The maximum Gasteiger partial charge on any atom is 0.363 e. The Balaban J connectivity index is 1.55. The van der Waals surface area contributed by atoms with Crippen LogP contribution < -0.4 is 9.47 Å². The normalized spacial score (nSPS) is 14.0. The van der Waals surface area contributed by atoms with Gasteiger partial charge in [0.25, 0.3) is 5.69 Å². The van der Waals surface area contributed by atoms with Gasteiger partial charge in [-0.25, -0.2) is 9.79 Å². The number of aliphatic imine (C=N–C) groups is 1. The Kier molecular flexibility index (Phi) is 6.89. The van der Waals surface area contributed by atoms with E-state index in [-0.39, 0.29) is 23.9 Å². The van der Waals surface area contributed by atoms with Crippen molar-refractivity contribution in [3.05, 3.63) is 104 Å². The van der Waals surface area contributed by atoms with E-state index in [4.69, 9.17) is 25.8 Å². The fraction of sp³-hybridized carbons (Fsp3) is 0.120. The molecule has 1 heterocycles.